The van der Waals surface area contributed by atoms with Crippen molar-refractivity contribution < 1.29 is 14.3 Å². The molecule has 3 rings (SSSR count). The molecule has 2 amide bonds. The molecule has 30 heavy (non-hydrogen) atoms. The summed E-state index contributed by atoms with van der Waals surface area (Å²) in [6.45, 7) is 6.82. The number of pyridine rings is 1. The molecule has 0 aliphatic rings. The van der Waals surface area contributed by atoms with E-state index in [0.717, 1.165) is 17.6 Å². The third-order valence-electron chi connectivity index (χ3n) is 4.72. The molecule has 7 heteroatoms. The summed E-state index contributed by atoms with van der Waals surface area (Å²) in [6.07, 6.45) is 3.56. The van der Waals surface area contributed by atoms with Crippen molar-refractivity contribution in [3.63, 3.8) is 0 Å². The highest BCUT2D eigenvalue weighted by molar-refractivity contribution is 5.95. The monoisotopic (exact) mass is 408 g/mol. The van der Waals surface area contributed by atoms with Gasteiger partial charge in [-0.3, -0.25) is 14.0 Å². The van der Waals surface area contributed by atoms with Crippen LogP contribution in [-0.4, -0.2) is 34.4 Å². The van der Waals surface area contributed by atoms with Crippen LogP contribution in [0.5, 0.6) is 5.75 Å². The van der Waals surface area contributed by atoms with Crippen LogP contribution in [0.3, 0.4) is 0 Å². The van der Waals surface area contributed by atoms with Crippen LogP contribution in [0.2, 0.25) is 0 Å². The Morgan fingerprint density at radius 3 is 2.73 bits per heavy atom. The molecule has 0 saturated heterocycles. The van der Waals surface area contributed by atoms with Gasteiger partial charge in [-0.15, -0.1) is 0 Å². The van der Waals surface area contributed by atoms with Crippen LogP contribution in [-0.2, 0) is 4.79 Å². The third-order valence-corrected chi connectivity index (χ3v) is 4.72. The van der Waals surface area contributed by atoms with Gasteiger partial charge in [-0.1, -0.05) is 25.1 Å². The second-order valence-electron chi connectivity index (χ2n) is 7.18. The minimum atomic E-state index is -0.190. The maximum absolute atomic E-state index is 12.6. The zero-order valence-electron chi connectivity index (χ0n) is 17.7. The molecule has 2 N–H and O–H groups in total. The largest absolute Gasteiger partial charge is 0.491 e. The summed E-state index contributed by atoms with van der Waals surface area (Å²) in [5.74, 6) is 0.363. The first-order valence-electron chi connectivity index (χ1n) is 10.3. The fraction of sp³-hybridized carbons (Fsp3) is 0.348. The Morgan fingerprint density at radius 2 is 1.93 bits per heavy atom. The first kappa shape index (κ1) is 21.4. The molecule has 2 heterocycles. The highest BCUT2D eigenvalue weighted by Crippen LogP contribution is 2.24. The lowest BCUT2D eigenvalue weighted by Gasteiger charge is -2.12. The fourth-order valence-corrected chi connectivity index (χ4v) is 3.25. The first-order chi connectivity index (χ1) is 14.5. The van der Waals surface area contributed by atoms with Crippen molar-refractivity contribution >= 4 is 23.1 Å². The van der Waals surface area contributed by atoms with Gasteiger partial charge in [0.05, 0.1) is 18.0 Å². The molecule has 3 aromatic rings. The number of imidazole rings is 1. The third kappa shape index (κ3) is 4.97. The Labute approximate surface area is 176 Å². The molecular formula is C23H28N4O3. The molecule has 0 aliphatic heterocycles. The maximum Gasteiger partial charge on any atom is 0.270 e. The van der Waals surface area contributed by atoms with E-state index in [9.17, 15) is 9.59 Å². The molecule has 2 aromatic heterocycles. The highest BCUT2D eigenvalue weighted by atomic mass is 16.5. The Morgan fingerprint density at radius 1 is 1.13 bits per heavy atom. The molecule has 0 atom stereocenters. The quantitative estimate of drug-likeness (QED) is 0.526. The lowest BCUT2D eigenvalue weighted by Crippen LogP contribution is -2.27. The van der Waals surface area contributed by atoms with Crippen molar-refractivity contribution in [3.8, 4) is 5.75 Å². The number of aryl methyl sites for hydroxylation is 2. The van der Waals surface area contributed by atoms with E-state index < -0.39 is 0 Å². The number of carbonyl (C=O) groups is 2. The number of ether oxygens (including phenoxy) is 1. The molecule has 0 fully saturated rings. The normalized spacial score (nSPS) is 10.8. The number of aromatic nitrogens is 2. The van der Waals surface area contributed by atoms with E-state index in [2.05, 4.69) is 15.6 Å². The lowest BCUT2D eigenvalue weighted by atomic mass is 10.2. The van der Waals surface area contributed by atoms with Gasteiger partial charge < -0.3 is 15.4 Å². The van der Waals surface area contributed by atoms with Crippen LogP contribution in [0.15, 0.2) is 42.6 Å². The first-order valence-corrected chi connectivity index (χ1v) is 10.3. The molecule has 0 unspecified atom stereocenters. The fourth-order valence-electron chi connectivity index (χ4n) is 3.25. The average molecular weight is 409 g/mol. The Balaban J connectivity index is 1.51. The summed E-state index contributed by atoms with van der Waals surface area (Å²) in [5.41, 5.74) is 3.67. The zero-order chi connectivity index (χ0) is 21.5. The van der Waals surface area contributed by atoms with E-state index in [1.54, 1.807) is 4.40 Å². The van der Waals surface area contributed by atoms with Crippen LogP contribution in [0.4, 0.5) is 5.69 Å². The van der Waals surface area contributed by atoms with Gasteiger partial charge in [-0.2, -0.15) is 0 Å². The van der Waals surface area contributed by atoms with E-state index in [1.807, 2.05) is 63.4 Å². The molecule has 0 aliphatic carbocycles. The van der Waals surface area contributed by atoms with Gasteiger partial charge in [-0.25, -0.2) is 4.98 Å². The minimum absolute atomic E-state index is 0.113. The van der Waals surface area contributed by atoms with E-state index >= 15 is 0 Å². The van der Waals surface area contributed by atoms with Crippen molar-refractivity contribution in [2.45, 2.75) is 40.0 Å². The number of nitrogens with zero attached hydrogens (tertiary/aromatic N) is 2. The SMILES string of the molecule is CCCOc1ccccc1NC(=O)CCCNC(=O)c1c(C)nc2c(C)cccn12. The van der Waals surface area contributed by atoms with E-state index in [-0.39, 0.29) is 11.8 Å². The Bertz CT molecular complexity index is 1040. The number of anilines is 1. The van der Waals surface area contributed by atoms with Crippen LogP contribution in [0.25, 0.3) is 5.65 Å². The van der Waals surface area contributed by atoms with Crippen LogP contribution < -0.4 is 15.4 Å². The van der Waals surface area contributed by atoms with Crippen molar-refractivity contribution in [1.82, 2.24) is 14.7 Å². The van der Waals surface area contributed by atoms with Gasteiger partial charge in [0.1, 0.15) is 17.1 Å². The summed E-state index contributed by atoms with van der Waals surface area (Å²) in [6, 6.07) is 11.3. The van der Waals surface area contributed by atoms with Gasteiger partial charge in [-0.05, 0) is 50.5 Å². The molecule has 7 nitrogen and oxygen atoms in total. The van der Waals surface area contributed by atoms with Gasteiger partial charge in [0.15, 0.2) is 0 Å². The summed E-state index contributed by atoms with van der Waals surface area (Å²) in [7, 11) is 0. The average Bonchev–Trinajstić information content (AvgIpc) is 3.08. The lowest BCUT2D eigenvalue weighted by molar-refractivity contribution is -0.116. The number of nitrogens with one attached hydrogen (secondary N) is 2. The van der Waals surface area contributed by atoms with E-state index in [1.165, 1.54) is 0 Å². The number of para-hydroxylation sites is 2. The van der Waals surface area contributed by atoms with Crippen LogP contribution >= 0.6 is 0 Å². The summed E-state index contributed by atoms with van der Waals surface area (Å²) in [5, 5.41) is 5.78. The standard InChI is InChI=1S/C23H28N4O3/c1-4-15-30-19-11-6-5-10-18(19)26-20(28)12-7-13-24-23(29)21-17(3)25-22-16(2)9-8-14-27(21)22/h5-6,8-11,14H,4,7,12-13,15H2,1-3H3,(H,24,29)(H,26,28). The van der Waals surface area contributed by atoms with Gasteiger partial charge >= 0.3 is 0 Å². The summed E-state index contributed by atoms with van der Waals surface area (Å²) >= 11 is 0. The molecule has 158 valence electrons. The summed E-state index contributed by atoms with van der Waals surface area (Å²) in [4.78, 5) is 29.4. The number of hydrogen-bond donors (Lipinski definition) is 2. The number of amides is 2. The van der Waals surface area contributed by atoms with Crippen molar-refractivity contribution in [3.05, 3.63) is 59.5 Å². The second-order valence-corrected chi connectivity index (χ2v) is 7.18. The Kier molecular flexibility index (Phi) is 7.06. The molecule has 0 radical (unpaired) electrons. The number of hydrogen-bond acceptors (Lipinski definition) is 4. The van der Waals surface area contributed by atoms with Crippen molar-refractivity contribution in [2.75, 3.05) is 18.5 Å². The van der Waals surface area contributed by atoms with E-state index in [4.69, 9.17) is 4.74 Å². The number of carbonyl (C=O) groups excluding carboxylic acids is 2. The van der Waals surface area contributed by atoms with E-state index in [0.29, 0.717) is 48.8 Å². The minimum Gasteiger partial charge on any atom is -0.491 e. The second kappa shape index (κ2) is 9.91. The topological polar surface area (TPSA) is 84.7 Å². The zero-order valence-corrected chi connectivity index (χ0v) is 17.7. The number of benzene rings is 1. The maximum atomic E-state index is 12.6. The van der Waals surface area contributed by atoms with Crippen molar-refractivity contribution in [1.29, 1.82) is 0 Å². The Hall–Kier alpha value is -3.35. The smallest absolute Gasteiger partial charge is 0.270 e. The number of rotatable bonds is 9. The van der Waals surface area contributed by atoms with Crippen molar-refractivity contribution in [2.24, 2.45) is 0 Å². The predicted octanol–water partition coefficient (Wildman–Crippen LogP) is 3.89. The molecular weight excluding hydrogens is 380 g/mol. The van der Waals surface area contributed by atoms with Gasteiger partial charge in [0.25, 0.3) is 5.91 Å². The van der Waals surface area contributed by atoms with Crippen LogP contribution in [0.1, 0.15) is 47.9 Å². The number of fused-ring (bicyclic) bond motifs is 1. The van der Waals surface area contributed by atoms with Gasteiger partial charge in [0, 0.05) is 19.2 Å². The van der Waals surface area contributed by atoms with Crippen LogP contribution in [0, 0.1) is 13.8 Å². The predicted molar refractivity (Wildman–Crippen MR) is 117 cm³/mol. The molecule has 0 bridgehead atoms. The molecule has 1 aromatic carbocycles. The highest BCUT2D eigenvalue weighted by Gasteiger charge is 2.17. The van der Waals surface area contributed by atoms with Gasteiger partial charge in [0.2, 0.25) is 5.91 Å². The molecule has 0 saturated carbocycles. The molecule has 0 spiro atoms. The summed E-state index contributed by atoms with van der Waals surface area (Å²) < 4.78 is 7.47.